The molecule has 0 aliphatic carbocycles. The molecule has 142 valence electrons. The van der Waals surface area contributed by atoms with E-state index in [1.165, 1.54) is 18.7 Å². The number of thioether (sulfide) groups is 1. The molecule has 0 bridgehead atoms. The van der Waals surface area contributed by atoms with Crippen molar-refractivity contribution in [2.45, 2.75) is 19.6 Å². The number of rotatable bonds is 8. The molecule has 2 aromatic carbocycles. The highest BCUT2D eigenvalue weighted by molar-refractivity contribution is 7.99. The Balaban J connectivity index is 1.78. The minimum absolute atomic E-state index is 0.118. The summed E-state index contributed by atoms with van der Waals surface area (Å²) in [5, 5.41) is 6.84. The lowest BCUT2D eigenvalue weighted by molar-refractivity contribution is -0.118. The fourth-order valence-electron chi connectivity index (χ4n) is 2.22. The number of carbonyl (C=O) groups excluding carboxylic acids is 2. The molecule has 2 rings (SSSR count). The summed E-state index contributed by atoms with van der Waals surface area (Å²) < 4.78 is 5.12. The molecule has 0 heterocycles. The molecule has 0 unspecified atom stereocenters. The summed E-state index contributed by atoms with van der Waals surface area (Å²) in [5.41, 5.74) is 5.99. The second-order valence-electron chi connectivity index (χ2n) is 5.83. The van der Waals surface area contributed by atoms with E-state index in [0.717, 1.165) is 28.3 Å². The Bertz CT molecular complexity index is 802. The average molecular weight is 385 g/mol. The van der Waals surface area contributed by atoms with Crippen LogP contribution < -0.4 is 15.5 Å². The van der Waals surface area contributed by atoms with Gasteiger partial charge in [-0.2, -0.15) is 5.10 Å². The third-order valence-corrected chi connectivity index (χ3v) is 4.64. The molecule has 0 spiro atoms. The number of nitrogens with one attached hydrogen (secondary N) is 2. The SMILES string of the molecule is COc1ccc(CSCC(=O)N/N=C(\C)c2ccc(NC(C)=O)cc2)cc1. The van der Waals surface area contributed by atoms with Crippen molar-refractivity contribution >= 4 is 35.0 Å². The first-order chi connectivity index (χ1) is 13.0. The second kappa shape index (κ2) is 10.4. The van der Waals surface area contributed by atoms with Crippen LogP contribution in [0, 0.1) is 0 Å². The number of benzene rings is 2. The summed E-state index contributed by atoms with van der Waals surface area (Å²) in [7, 11) is 1.63. The van der Waals surface area contributed by atoms with Crippen molar-refractivity contribution < 1.29 is 14.3 Å². The van der Waals surface area contributed by atoms with Gasteiger partial charge in [-0.3, -0.25) is 9.59 Å². The third-order valence-electron chi connectivity index (χ3n) is 3.63. The molecule has 2 N–H and O–H groups in total. The summed E-state index contributed by atoms with van der Waals surface area (Å²) in [4.78, 5) is 23.0. The van der Waals surface area contributed by atoms with E-state index in [-0.39, 0.29) is 11.8 Å². The Morgan fingerprint density at radius 2 is 1.70 bits per heavy atom. The molecule has 0 atom stereocenters. The quantitative estimate of drug-likeness (QED) is 0.539. The molecule has 2 amide bonds. The fourth-order valence-corrected chi connectivity index (χ4v) is 3.00. The van der Waals surface area contributed by atoms with Gasteiger partial charge in [0.1, 0.15) is 5.75 Å². The summed E-state index contributed by atoms with van der Waals surface area (Å²) in [6.07, 6.45) is 0. The van der Waals surface area contributed by atoms with Crippen molar-refractivity contribution in [2.24, 2.45) is 5.10 Å². The van der Waals surface area contributed by atoms with Crippen molar-refractivity contribution in [3.8, 4) is 5.75 Å². The number of nitrogens with zero attached hydrogens (tertiary/aromatic N) is 1. The number of amides is 2. The van der Waals surface area contributed by atoms with Gasteiger partial charge in [0.25, 0.3) is 0 Å². The zero-order chi connectivity index (χ0) is 19.6. The van der Waals surface area contributed by atoms with Crippen molar-refractivity contribution in [3.05, 3.63) is 59.7 Å². The topological polar surface area (TPSA) is 79.8 Å². The molecule has 0 saturated heterocycles. The predicted octanol–water partition coefficient (Wildman–Crippen LogP) is 3.43. The van der Waals surface area contributed by atoms with Gasteiger partial charge in [-0.25, -0.2) is 5.43 Å². The highest BCUT2D eigenvalue weighted by Crippen LogP contribution is 2.16. The number of carbonyl (C=O) groups is 2. The third kappa shape index (κ3) is 7.15. The van der Waals surface area contributed by atoms with Crippen LogP contribution >= 0.6 is 11.8 Å². The predicted molar refractivity (Wildman–Crippen MR) is 110 cm³/mol. The monoisotopic (exact) mass is 385 g/mol. The number of hydrogen-bond donors (Lipinski definition) is 2. The molecular weight excluding hydrogens is 362 g/mol. The van der Waals surface area contributed by atoms with Crippen LogP contribution in [0.25, 0.3) is 0 Å². The number of hydrogen-bond acceptors (Lipinski definition) is 5. The number of hydrazone groups is 1. The van der Waals surface area contributed by atoms with E-state index in [2.05, 4.69) is 15.8 Å². The molecule has 0 aliphatic rings. The van der Waals surface area contributed by atoms with Crippen molar-refractivity contribution in [2.75, 3.05) is 18.2 Å². The van der Waals surface area contributed by atoms with Crippen molar-refractivity contribution in [3.63, 3.8) is 0 Å². The van der Waals surface area contributed by atoms with E-state index in [1.807, 2.05) is 43.3 Å². The Labute approximate surface area is 163 Å². The summed E-state index contributed by atoms with van der Waals surface area (Å²) in [5.74, 6) is 1.61. The molecule has 0 saturated carbocycles. The summed E-state index contributed by atoms with van der Waals surface area (Å²) >= 11 is 1.52. The van der Waals surface area contributed by atoms with E-state index in [4.69, 9.17) is 4.74 Å². The van der Waals surface area contributed by atoms with Gasteiger partial charge in [0.05, 0.1) is 18.6 Å². The van der Waals surface area contributed by atoms with Crippen LogP contribution in [0.5, 0.6) is 5.75 Å². The van der Waals surface area contributed by atoms with E-state index < -0.39 is 0 Å². The molecule has 0 radical (unpaired) electrons. The highest BCUT2D eigenvalue weighted by atomic mass is 32.2. The number of methoxy groups -OCH3 is 1. The lowest BCUT2D eigenvalue weighted by Gasteiger charge is -2.06. The Hall–Kier alpha value is -2.80. The van der Waals surface area contributed by atoms with Crippen molar-refractivity contribution in [1.29, 1.82) is 0 Å². The molecule has 6 nitrogen and oxygen atoms in total. The standard InChI is InChI=1S/C20H23N3O3S/c1-14(17-6-8-18(9-7-17)21-15(2)24)22-23-20(25)13-27-12-16-4-10-19(26-3)11-5-16/h4-11H,12-13H2,1-3H3,(H,21,24)(H,23,25)/b22-14+. The summed E-state index contributed by atoms with van der Waals surface area (Å²) in [6, 6.07) is 15.0. The maximum atomic E-state index is 11.9. The lowest BCUT2D eigenvalue weighted by Crippen LogP contribution is -2.21. The number of ether oxygens (including phenoxy) is 1. The van der Waals surface area contributed by atoms with Crippen LogP contribution in [0.4, 0.5) is 5.69 Å². The van der Waals surface area contributed by atoms with Crippen LogP contribution in [-0.2, 0) is 15.3 Å². The van der Waals surface area contributed by atoms with Crippen LogP contribution in [0.2, 0.25) is 0 Å². The molecule has 7 heteroatoms. The molecule has 0 aromatic heterocycles. The van der Waals surface area contributed by atoms with Gasteiger partial charge in [0, 0.05) is 18.4 Å². The van der Waals surface area contributed by atoms with E-state index in [1.54, 1.807) is 19.2 Å². The van der Waals surface area contributed by atoms with Gasteiger partial charge in [0.15, 0.2) is 0 Å². The van der Waals surface area contributed by atoms with E-state index in [0.29, 0.717) is 11.5 Å². The van der Waals surface area contributed by atoms with Crippen LogP contribution in [0.15, 0.2) is 53.6 Å². The zero-order valence-corrected chi connectivity index (χ0v) is 16.4. The molecule has 0 aliphatic heterocycles. The van der Waals surface area contributed by atoms with Gasteiger partial charge >= 0.3 is 0 Å². The average Bonchev–Trinajstić information content (AvgIpc) is 2.67. The van der Waals surface area contributed by atoms with Gasteiger partial charge in [-0.1, -0.05) is 24.3 Å². The first-order valence-corrected chi connectivity index (χ1v) is 9.55. The van der Waals surface area contributed by atoms with Gasteiger partial charge < -0.3 is 10.1 Å². The Kier molecular flexibility index (Phi) is 7.88. The first-order valence-electron chi connectivity index (χ1n) is 8.40. The maximum Gasteiger partial charge on any atom is 0.250 e. The van der Waals surface area contributed by atoms with Crippen LogP contribution in [0.1, 0.15) is 25.0 Å². The van der Waals surface area contributed by atoms with Crippen LogP contribution in [-0.4, -0.2) is 30.4 Å². The molecule has 2 aromatic rings. The fraction of sp³-hybridized carbons (Fsp3) is 0.250. The first kappa shape index (κ1) is 20.5. The highest BCUT2D eigenvalue weighted by Gasteiger charge is 2.03. The molecule has 0 fully saturated rings. The van der Waals surface area contributed by atoms with Crippen LogP contribution in [0.3, 0.4) is 0 Å². The van der Waals surface area contributed by atoms with Gasteiger partial charge in [-0.15, -0.1) is 11.8 Å². The smallest absolute Gasteiger partial charge is 0.250 e. The minimum atomic E-state index is -0.150. The Morgan fingerprint density at radius 1 is 1.04 bits per heavy atom. The second-order valence-corrected chi connectivity index (χ2v) is 6.82. The molecule has 27 heavy (non-hydrogen) atoms. The van der Waals surface area contributed by atoms with Gasteiger partial charge in [-0.05, 0) is 42.3 Å². The minimum Gasteiger partial charge on any atom is -0.497 e. The van der Waals surface area contributed by atoms with E-state index >= 15 is 0 Å². The number of anilines is 1. The normalized spacial score (nSPS) is 11.0. The van der Waals surface area contributed by atoms with Gasteiger partial charge in [0.2, 0.25) is 11.8 Å². The summed E-state index contributed by atoms with van der Waals surface area (Å²) in [6.45, 7) is 3.28. The molecular formula is C20H23N3O3S. The maximum absolute atomic E-state index is 11.9. The van der Waals surface area contributed by atoms with Crippen molar-refractivity contribution in [1.82, 2.24) is 5.43 Å². The largest absolute Gasteiger partial charge is 0.497 e. The Morgan fingerprint density at radius 3 is 2.30 bits per heavy atom. The zero-order valence-electron chi connectivity index (χ0n) is 15.6. The van der Waals surface area contributed by atoms with E-state index in [9.17, 15) is 9.59 Å². The lowest BCUT2D eigenvalue weighted by atomic mass is 10.1.